The molecule has 0 saturated carbocycles. The number of likely N-dealkylation sites (tertiary alicyclic amines) is 1. The number of halogens is 1. The smallest absolute Gasteiger partial charge is 0.314 e. The lowest BCUT2D eigenvalue weighted by atomic mass is 9.73. The number of fused-ring (bicyclic) bond motifs is 1. The van der Waals surface area contributed by atoms with Crippen molar-refractivity contribution in [3.63, 3.8) is 0 Å². The molecule has 4 rings (SSSR count). The maximum atomic E-state index is 14.1. The van der Waals surface area contributed by atoms with Crippen LogP contribution in [-0.2, 0) is 10.2 Å². The Labute approximate surface area is 166 Å². The Bertz CT molecular complexity index is 1070. The van der Waals surface area contributed by atoms with E-state index in [1.807, 2.05) is 30.3 Å². The molecular formula is C22H21FN2O4. The second-order valence-corrected chi connectivity index (χ2v) is 7.27. The summed E-state index contributed by atoms with van der Waals surface area (Å²) in [6.07, 6.45) is 0.631. The van der Waals surface area contributed by atoms with Crippen molar-refractivity contribution in [1.82, 2.24) is 9.88 Å². The van der Waals surface area contributed by atoms with Gasteiger partial charge in [-0.1, -0.05) is 30.3 Å². The topological polar surface area (TPSA) is 82.6 Å². The molecule has 29 heavy (non-hydrogen) atoms. The van der Waals surface area contributed by atoms with Gasteiger partial charge in [0.1, 0.15) is 17.3 Å². The number of nitrogens with one attached hydrogen (secondary N) is 1. The minimum absolute atomic E-state index is 0.217. The molecule has 0 radical (unpaired) electrons. The lowest BCUT2D eigenvalue weighted by Crippen LogP contribution is -2.49. The third kappa shape index (κ3) is 3.12. The van der Waals surface area contributed by atoms with Gasteiger partial charge in [0.25, 0.3) is 5.91 Å². The van der Waals surface area contributed by atoms with E-state index in [-0.39, 0.29) is 17.1 Å². The largest absolute Gasteiger partial charge is 0.496 e. The summed E-state index contributed by atoms with van der Waals surface area (Å²) in [5, 5.41) is 10.4. The van der Waals surface area contributed by atoms with Crippen LogP contribution in [0.25, 0.3) is 10.9 Å². The fraction of sp³-hybridized carbons (Fsp3) is 0.273. The molecule has 6 nitrogen and oxygen atoms in total. The molecule has 1 saturated heterocycles. The molecule has 0 atom stereocenters. The van der Waals surface area contributed by atoms with Gasteiger partial charge in [-0.3, -0.25) is 9.59 Å². The van der Waals surface area contributed by atoms with Crippen LogP contribution in [0.2, 0.25) is 0 Å². The number of aromatic amines is 1. The van der Waals surface area contributed by atoms with Crippen LogP contribution in [0.5, 0.6) is 5.75 Å². The van der Waals surface area contributed by atoms with E-state index in [2.05, 4.69) is 4.98 Å². The van der Waals surface area contributed by atoms with Crippen LogP contribution in [0.3, 0.4) is 0 Å². The highest BCUT2D eigenvalue weighted by molar-refractivity contribution is 6.00. The van der Waals surface area contributed by atoms with Crippen molar-refractivity contribution in [2.45, 2.75) is 18.3 Å². The summed E-state index contributed by atoms with van der Waals surface area (Å²) in [6.45, 7) is 0.601. The average molecular weight is 396 g/mol. The van der Waals surface area contributed by atoms with E-state index in [0.717, 1.165) is 5.56 Å². The zero-order chi connectivity index (χ0) is 20.6. The summed E-state index contributed by atoms with van der Waals surface area (Å²) in [5.74, 6) is -1.15. The third-order valence-electron chi connectivity index (χ3n) is 5.79. The minimum atomic E-state index is -1.01. The molecule has 7 heteroatoms. The SMILES string of the molecule is COc1ccc(F)c2[nH]c(C(=O)N3CCC(C(=O)O)(c4ccccc4)CC3)cc12. The van der Waals surface area contributed by atoms with Crippen molar-refractivity contribution in [3.05, 3.63) is 65.6 Å². The summed E-state index contributed by atoms with van der Waals surface area (Å²) in [6, 6.07) is 13.5. The van der Waals surface area contributed by atoms with Gasteiger partial charge >= 0.3 is 5.97 Å². The molecule has 3 aromatic rings. The van der Waals surface area contributed by atoms with Crippen LogP contribution < -0.4 is 4.74 Å². The Morgan fingerprint density at radius 2 is 1.83 bits per heavy atom. The molecule has 1 aliphatic heterocycles. The van der Waals surface area contributed by atoms with E-state index in [1.54, 1.807) is 11.0 Å². The van der Waals surface area contributed by atoms with Gasteiger partial charge in [0.05, 0.1) is 18.0 Å². The van der Waals surface area contributed by atoms with E-state index in [1.165, 1.54) is 19.2 Å². The highest BCUT2D eigenvalue weighted by Gasteiger charge is 2.44. The number of nitrogens with zero attached hydrogens (tertiary/aromatic N) is 1. The molecule has 0 aliphatic carbocycles. The van der Waals surface area contributed by atoms with Gasteiger partial charge in [-0.05, 0) is 36.6 Å². The van der Waals surface area contributed by atoms with Crippen LogP contribution in [0.4, 0.5) is 4.39 Å². The maximum absolute atomic E-state index is 14.1. The average Bonchev–Trinajstić information content (AvgIpc) is 3.20. The van der Waals surface area contributed by atoms with Crippen molar-refractivity contribution < 1.29 is 23.8 Å². The molecule has 1 aromatic heterocycles. The number of hydrogen-bond donors (Lipinski definition) is 2. The molecule has 1 amide bonds. The second-order valence-electron chi connectivity index (χ2n) is 7.27. The summed E-state index contributed by atoms with van der Waals surface area (Å²) < 4.78 is 19.4. The Balaban J connectivity index is 1.59. The standard InChI is InChI=1S/C22H21FN2O4/c1-29-18-8-7-16(23)19-15(18)13-17(24-19)20(26)25-11-9-22(10-12-25,21(27)28)14-5-3-2-4-6-14/h2-8,13,24H,9-12H2,1H3,(H,27,28). The number of carboxylic acids is 1. The third-order valence-corrected chi connectivity index (χ3v) is 5.79. The lowest BCUT2D eigenvalue weighted by Gasteiger charge is -2.39. The van der Waals surface area contributed by atoms with Crippen LogP contribution in [0.15, 0.2) is 48.5 Å². The van der Waals surface area contributed by atoms with E-state index in [9.17, 15) is 19.1 Å². The first-order valence-electron chi connectivity index (χ1n) is 9.40. The van der Waals surface area contributed by atoms with Crippen LogP contribution in [0, 0.1) is 5.82 Å². The number of carboxylic acid groups (broad SMARTS) is 1. The number of piperidine rings is 1. The van der Waals surface area contributed by atoms with Gasteiger partial charge < -0.3 is 19.7 Å². The van der Waals surface area contributed by atoms with E-state index in [0.29, 0.717) is 37.1 Å². The highest BCUT2D eigenvalue weighted by Crippen LogP contribution is 2.36. The van der Waals surface area contributed by atoms with E-state index < -0.39 is 17.2 Å². The summed E-state index contributed by atoms with van der Waals surface area (Å²) in [5.41, 5.74) is 0.213. The molecule has 0 unspecified atom stereocenters. The monoisotopic (exact) mass is 396 g/mol. The fourth-order valence-corrected chi connectivity index (χ4v) is 4.10. The van der Waals surface area contributed by atoms with Crippen molar-refractivity contribution >= 4 is 22.8 Å². The number of amides is 1. The quantitative estimate of drug-likeness (QED) is 0.706. The number of ether oxygens (including phenoxy) is 1. The Morgan fingerprint density at radius 1 is 1.14 bits per heavy atom. The number of carbonyl (C=O) groups is 2. The Kier molecular flexibility index (Phi) is 4.74. The van der Waals surface area contributed by atoms with Gasteiger partial charge in [-0.25, -0.2) is 4.39 Å². The number of aliphatic carboxylic acids is 1. The molecule has 1 fully saturated rings. The predicted octanol–water partition coefficient (Wildman–Crippen LogP) is 3.57. The minimum Gasteiger partial charge on any atom is -0.496 e. The van der Waals surface area contributed by atoms with Crippen molar-refractivity contribution in [2.24, 2.45) is 0 Å². The first-order chi connectivity index (χ1) is 14.0. The predicted molar refractivity (Wildman–Crippen MR) is 106 cm³/mol. The van der Waals surface area contributed by atoms with Crippen molar-refractivity contribution in [2.75, 3.05) is 20.2 Å². The van der Waals surface area contributed by atoms with Gasteiger partial charge in [0, 0.05) is 18.5 Å². The first-order valence-corrected chi connectivity index (χ1v) is 9.40. The van der Waals surface area contributed by atoms with Gasteiger partial charge in [-0.15, -0.1) is 0 Å². The Morgan fingerprint density at radius 3 is 2.45 bits per heavy atom. The van der Waals surface area contributed by atoms with E-state index in [4.69, 9.17) is 4.74 Å². The van der Waals surface area contributed by atoms with Gasteiger partial charge in [0.15, 0.2) is 0 Å². The molecule has 2 aromatic carbocycles. The van der Waals surface area contributed by atoms with E-state index >= 15 is 0 Å². The zero-order valence-corrected chi connectivity index (χ0v) is 15.9. The molecular weight excluding hydrogens is 375 g/mol. The number of H-pyrrole nitrogens is 1. The normalized spacial score (nSPS) is 16.0. The fourth-order valence-electron chi connectivity index (χ4n) is 4.10. The zero-order valence-electron chi connectivity index (χ0n) is 15.9. The van der Waals surface area contributed by atoms with Crippen LogP contribution in [0.1, 0.15) is 28.9 Å². The van der Waals surface area contributed by atoms with Gasteiger partial charge in [-0.2, -0.15) is 0 Å². The summed E-state index contributed by atoms with van der Waals surface area (Å²) in [7, 11) is 1.49. The molecule has 150 valence electrons. The number of aromatic nitrogens is 1. The van der Waals surface area contributed by atoms with Crippen molar-refractivity contribution in [1.29, 1.82) is 0 Å². The summed E-state index contributed by atoms with van der Waals surface area (Å²) >= 11 is 0. The first kappa shape index (κ1) is 19.0. The second kappa shape index (κ2) is 7.24. The number of methoxy groups -OCH3 is 1. The van der Waals surface area contributed by atoms with Gasteiger partial charge in [0.2, 0.25) is 0 Å². The molecule has 0 spiro atoms. The lowest BCUT2D eigenvalue weighted by molar-refractivity contribution is -0.145. The number of hydrogen-bond acceptors (Lipinski definition) is 3. The Hall–Kier alpha value is -3.35. The highest BCUT2D eigenvalue weighted by atomic mass is 19.1. The number of benzene rings is 2. The number of rotatable bonds is 4. The molecule has 2 N–H and O–H groups in total. The molecule has 0 bridgehead atoms. The molecule has 1 aliphatic rings. The summed E-state index contributed by atoms with van der Waals surface area (Å²) in [4.78, 5) is 29.5. The maximum Gasteiger partial charge on any atom is 0.314 e. The number of carbonyl (C=O) groups excluding carboxylic acids is 1. The van der Waals surface area contributed by atoms with Crippen LogP contribution in [-0.4, -0.2) is 47.1 Å². The van der Waals surface area contributed by atoms with Crippen LogP contribution >= 0.6 is 0 Å². The van der Waals surface area contributed by atoms with Crippen molar-refractivity contribution in [3.8, 4) is 5.75 Å². The molecule has 2 heterocycles.